The Morgan fingerprint density at radius 2 is 1.77 bits per heavy atom. The van der Waals surface area contributed by atoms with Crippen LogP contribution in [0.3, 0.4) is 0 Å². The van der Waals surface area contributed by atoms with Crippen molar-refractivity contribution in [3.63, 3.8) is 0 Å². The molecule has 0 spiro atoms. The summed E-state index contributed by atoms with van der Waals surface area (Å²) < 4.78 is 27.4. The molecule has 2 aromatic rings. The maximum Gasteiger partial charge on any atom is 0.264 e. The largest absolute Gasteiger partial charge is 0.352 e. The lowest BCUT2D eigenvalue weighted by atomic mass is 10.2. The molecule has 0 atom stereocenters. The zero-order valence-corrected chi connectivity index (χ0v) is 16.3. The van der Waals surface area contributed by atoms with Crippen molar-refractivity contribution in [2.45, 2.75) is 38.5 Å². The van der Waals surface area contributed by atoms with Gasteiger partial charge in [-0.25, -0.2) is 8.42 Å². The zero-order valence-electron chi connectivity index (χ0n) is 15.5. The van der Waals surface area contributed by atoms with Gasteiger partial charge < -0.3 is 5.32 Å². The number of nitrogens with one attached hydrogen (secondary N) is 1. The van der Waals surface area contributed by atoms with Gasteiger partial charge in [0, 0.05) is 18.7 Å². The highest BCUT2D eigenvalue weighted by molar-refractivity contribution is 7.92. The van der Waals surface area contributed by atoms with Crippen molar-refractivity contribution in [3.05, 3.63) is 59.7 Å². The van der Waals surface area contributed by atoms with Gasteiger partial charge in [0.05, 0.1) is 10.6 Å². The van der Waals surface area contributed by atoms with Gasteiger partial charge in [-0.05, 0) is 62.2 Å². The molecule has 140 valence electrons. The van der Waals surface area contributed by atoms with Crippen LogP contribution in [-0.2, 0) is 10.0 Å². The number of carbonyl (C=O) groups is 1. The molecule has 2 rings (SSSR count). The van der Waals surface area contributed by atoms with Crippen molar-refractivity contribution in [1.29, 1.82) is 0 Å². The number of rotatable bonds is 8. The number of sulfonamides is 1. The summed E-state index contributed by atoms with van der Waals surface area (Å²) in [5.41, 5.74) is 2.09. The van der Waals surface area contributed by atoms with Crippen molar-refractivity contribution < 1.29 is 13.2 Å². The number of unbranched alkanes of at least 4 members (excludes halogenated alkanes) is 1. The fraction of sp³-hybridized carbons (Fsp3) is 0.350. The molecule has 0 unspecified atom stereocenters. The highest BCUT2D eigenvalue weighted by Crippen LogP contribution is 2.24. The molecule has 0 fully saturated rings. The fourth-order valence-corrected chi connectivity index (χ4v) is 4.13. The Hall–Kier alpha value is -2.34. The van der Waals surface area contributed by atoms with Crippen molar-refractivity contribution in [2.75, 3.05) is 17.4 Å². The summed E-state index contributed by atoms with van der Waals surface area (Å²) in [5.74, 6) is -0.187. The average molecular weight is 375 g/mol. The quantitative estimate of drug-likeness (QED) is 0.716. The first kappa shape index (κ1) is 20.0. The summed E-state index contributed by atoms with van der Waals surface area (Å²) in [7, 11) is -3.68. The zero-order chi connectivity index (χ0) is 19.2. The molecular weight excluding hydrogens is 348 g/mol. The second-order valence-corrected chi connectivity index (χ2v) is 8.00. The van der Waals surface area contributed by atoms with Crippen LogP contribution in [0.25, 0.3) is 0 Å². The minimum absolute atomic E-state index is 0.172. The molecule has 0 radical (unpaired) electrons. The topological polar surface area (TPSA) is 66.5 Å². The molecule has 1 amide bonds. The third kappa shape index (κ3) is 4.64. The highest BCUT2D eigenvalue weighted by Gasteiger charge is 2.23. The number of aryl methyl sites for hydroxylation is 1. The Kier molecular flexibility index (Phi) is 6.80. The number of hydrogen-bond donors (Lipinski definition) is 1. The molecular formula is C20H26N2O3S. The highest BCUT2D eigenvalue weighted by atomic mass is 32.2. The van der Waals surface area contributed by atoms with E-state index < -0.39 is 10.0 Å². The SMILES string of the molecule is CCCCNC(=O)c1ccc(S(=O)(=O)N(CC)c2cccc(C)c2)cc1. The molecule has 0 aliphatic carbocycles. The van der Waals surface area contributed by atoms with Gasteiger partial charge in [0.15, 0.2) is 0 Å². The lowest BCUT2D eigenvalue weighted by Crippen LogP contribution is -2.31. The monoisotopic (exact) mass is 374 g/mol. The van der Waals surface area contributed by atoms with Gasteiger partial charge >= 0.3 is 0 Å². The fourth-order valence-electron chi connectivity index (χ4n) is 2.66. The van der Waals surface area contributed by atoms with E-state index in [4.69, 9.17) is 0 Å². The predicted octanol–water partition coefficient (Wildman–Crippen LogP) is 3.74. The van der Waals surface area contributed by atoms with Crippen LogP contribution < -0.4 is 9.62 Å². The predicted molar refractivity (Wildman–Crippen MR) is 105 cm³/mol. The van der Waals surface area contributed by atoms with Crippen LogP contribution in [0.15, 0.2) is 53.4 Å². The Labute approximate surface area is 156 Å². The first-order valence-corrected chi connectivity index (χ1v) is 10.3. The number of anilines is 1. The molecule has 0 heterocycles. The van der Waals surface area contributed by atoms with Gasteiger partial charge in [-0.1, -0.05) is 25.5 Å². The van der Waals surface area contributed by atoms with Crippen molar-refractivity contribution >= 4 is 21.6 Å². The van der Waals surface area contributed by atoms with E-state index in [1.807, 2.05) is 25.1 Å². The first-order valence-electron chi connectivity index (χ1n) is 8.87. The second-order valence-electron chi connectivity index (χ2n) is 6.14. The summed E-state index contributed by atoms with van der Waals surface area (Å²) >= 11 is 0. The summed E-state index contributed by atoms with van der Waals surface area (Å²) in [6.45, 7) is 6.72. The van der Waals surface area contributed by atoms with Gasteiger partial charge in [-0.2, -0.15) is 0 Å². The Balaban J connectivity index is 2.24. The number of benzene rings is 2. The van der Waals surface area contributed by atoms with E-state index in [1.54, 1.807) is 25.1 Å². The molecule has 2 aromatic carbocycles. The van der Waals surface area contributed by atoms with Gasteiger partial charge in [0.2, 0.25) is 0 Å². The summed E-state index contributed by atoms with van der Waals surface area (Å²) in [6.07, 6.45) is 1.92. The van der Waals surface area contributed by atoms with Gasteiger partial charge in [-0.3, -0.25) is 9.10 Å². The summed E-state index contributed by atoms with van der Waals surface area (Å²) in [6, 6.07) is 13.5. The van der Waals surface area contributed by atoms with Crippen molar-refractivity contribution in [2.24, 2.45) is 0 Å². The Morgan fingerprint density at radius 3 is 2.35 bits per heavy atom. The van der Waals surface area contributed by atoms with E-state index in [-0.39, 0.29) is 10.8 Å². The minimum Gasteiger partial charge on any atom is -0.352 e. The third-order valence-corrected chi connectivity index (χ3v) is 6.01. The number of amides is 1. The molecule has 0 saturated carbocycles. The van der Waals surface area contributed by atoms with Gasteiger partial charge in [-0.15, -0.1) is 0 Å². The van der Waals surface area contributed by atoms with E-state index in [9.17, 15) is 13.2 Å². The van der Waals surface area contributed by atoms with Crippen LogP contribution in [0.1, 0.15) is 42.6 Å². The van der Waals surface area contributed by atoms with Crippen molar-refractivity contribution in [3.8, 4) is 0 Å². The molecule has 0 aromatic heterocycles. The minimum atomic E-state index is -3.68. The molecule has 26 heavy (non-hydrogen) atoms. The van der Waals surface area contributed by atoms with Crippen LogP contribution in [0.2, 0.25) is 0 Å². The average Bonchev–Trinajstić information content (AvgIpc) is 2.62. The standard InChI is InChI=1S/C20H26N2O3S/c1-4-6-14-21-20(23)17-10-12-19(13-11-17)26(24,25)22(5-2)18-9-7-8-16(3)15-18/h7-13,15H,4-6,14H2,1-3H3,(H,21,23). The van der Waals surface area contributed by atoms with E-state index in [0.29, 0.717) is 24.3 Å². The smallest absolute Gasteiger partial charge is 0.264 e. The van der Waals surface area contributed by atoms with Crippen LogP contribution in [0.5, 0.6) is 0 Å². The van der Waals surface area contributed by atoms with Crippen LogP contribution in [0, 0.1) is 6.92 Å². The summed E-state index contributed by atoms with van der Waals surface area (Å²) in [4.78, 5) is 12.2. The van der Waals surface area contributed by atoms with E-state index in [1.165, 1.54) is 16.4 Å². The molecule has 5 nitrogen and oxygen atoms in total. The van der Waals surface area contributed by atoms with E-state index in [2.05, 4.69) is 12.2 Å². The van der Waals surface area contributed by atoms with Crippen LogP contribution in [-0.4, -0.2) is 27.4 Å². The molecule has 0 bridgehead atoms. The van der Waals surface area contributed by atoms with E-state index in [0.717, 1.165) is 18.4 Å². The maximum absolute atomic E-state index is 13.0. The summed E-state index contributed by atoms with van der Waals surface area (Å²) in [5, 5.41) is 2.83. The normalized spacial score (nSPS) is 11.2. The van der Waals surface area contributed by atoms with Crippen molar-refractivity contribution in [1.82, 2.24) is 5.32 Å². The maximum atomic E-state index is 13.0. The number of carbonyl (C=O) groups excluding carboxylic acids is 1. The lowest BCUT2D eigenvalue weighted by molar-refractivity contribution is 0.0953. The van der Waals surface area contributed by atoms with Crippen LogP contribution >= 0.6 is 0 Å². The van der Waals surface area contributed by atoms with Gasteiger partial charge in [0.1, 0.15) is 0 Å². The lowest BCUT2D eigenvalue weighted by Gasteiger charge is -2.23. The Morgan fingerprint density at radius 1 is 1.08 bits per heavy atom. The molecule has 0 aliphatic rings. The molecule has 1 N–H and O–H groups in total. The number of nitrogens with zero attached hydrogens (tertiary/aromatic N) is 1. The molecule has 0 saturated heterocycles. The third-order valence-electron chi connectivity index (χ3n) is 4.10. The van der Waals surface area contributed by atoms with E-state index >= 15 is 0 Å². The number of hydrogen-bond acceptors (Lipinski definition) is 3. The second kappa shape index (κ2) is 8.85. The Bertz CT molecular complexity index is 846. The van der Waals surface area contributed by atoms with Gasteiger partial charge in [0.25, 0.3) is 15.9 Å². The molecule has 6 heteroatoms. The van der Waals surface area contributed by atoms with Crippen LogP contribution in [0.4, 0.5) is 5.69 Å². The first-order chi connectivity index (χ1) is 12.4. The molecule has 0 aliphatic heterocycles.